The summed E-state index contributed by atoms with van der Waals surface area (Å²) in [5.74, 6) is -0.121. The first-order chi connectivity index (χ1) is 12.9. The van der Waals surface area contributed by atoms with Gasteiger partial charge in [0.1, 0.15) is 6.54 Å². The summed E-state index contributed by atoms with van der Waals surface area (Å²) in [5.41, 5.74) is 6.02. The van der Waals surface area contributed by atoms with Crippen LogP contribution < -0.4 is 9.62 Å². The van der Waals surface area contributed by atoms with Gasteiger partial charge in [0, 0.05) is 5.69 Å². The molecule has 0 aliphatic carbocycles. The van der Waals surface area contributed by atoms with Crippen LogP contribution >= 0.6 is 0 Å². The molecule has 0 radical (unpaired) electrons. The summed E-state index contributed by atoms with van der Waals surface area (Å²) < 4.78 is 26.2. The highest BCUT2D eigenvalue weighted by Gasteiger charge is 2.25. The number of hydrogen-bond acceptors (Lipinski definition) is 3. The summed E-state index contributed by atoms with van der Waals surface area (Å²) in [6.07, 6.45) is 1.13. The third-order valence-corrected chi connectivity index (χ3v) is 5.88. The fraction of sp³-hybridized carbons (Fsp3) is 0.409. The van der Waals surface area contributed by atoms with E-state index in [2.05, 4.69) is 19.2 Å². The van der Waals surface area contributed by atoms with Crippen LogP contribution in [-0.4, -0.2) is 27.1 Å². The Morgan fingerprint density at radius 1 is 1.04 bits per heavy atom. The van der Waals surface area contributed by atoms with Gasteiger partial charge in [0.05, 0.1) is 11.9 Å². The van der Waals surface area contributed by atoms with E-state index in [-0.39, 0.29) is 18.4 Å². The van der Waals surface area contributed by atoms with Crippen molar-refractivity contribution in [3.63, 3.8) is 0 Å². The van der Waals surface area contributed by atoms with Crippen LogP contribution in [0.5, 0.6) is 0 Å². The first-order valence-electron chi connectivity index (χ1n) is 9.36. The molecule has 6 heteroatoms. The van der Waals surface area contributed by atoms with Crippen molar-refractivity contribution in [1.29, 1.82) is 0 Å². The topological polar surface area (TPSA) is 66.5 Å². The van der Waals surface area contributed by atoms with E-state index in [1.165, 1.54) is 4.31 Å². The Kier molecular flexibility index (Phi) is 6.55. The van der Waals surface area contributed by atoms with E-state index < -0.39 is 10.0 Å². The van der Waals surface area contributed by atoms with Crippen molar-refractivity contribution < 1.29 is 13.2 Å². The summed E-state index contributed by atoms with van der Waals surface area (Å²) in [7, 11) is -3.63. The molecule has 0 bridgehead atoms. The lowest BCUT2D eigenvalue weighted by molar-refractivity contribution is -0.114. The number of nitrogens with zero attached hydrogens (tertiary/aromatic N) is 1. The summed E-state index contributed by atoms with van der Waals surface area (Å²) in [4.78, 5) is 12.8. The normalized spacial score (nSPS) is 11.6. The number of rotatable bonds is 6. The van der Waals surface area contributed by atoms with Gasteiger partial charge in [-0.05, 0) is 55.9 Å². The van der Waals surface area contributed by atoms with Gasteiger partial charge < -0.3 is 5.32 Å². The van der Waals surface area contributed by atoms with Gasteiger partial charge in [0.15, 0.2) is 0 Å². The molecule has 28 heavy (non-hydrogen) atoms. The van der Waals surface area contributed by atoms with Crippen molar-refractivity contribution in [2.45, 2.75) is 47.5 Å². The van der Waals surface area contributed by atoms with Crippen molar-refractivity contribution >= 4 is 27.3 Å². The van der Waals surface area contributed by atoms with Gasteiger partial charge in [0.2, 0.25) is 15.9 Å². The quantitative estimate of drug-likeness (QED) is 0.776. The van der Waals surface area contributed by atoms with E-state index in [0.717, 1.165) is 39.8 Å². The number of benzene rings is 2. The molecule has 0 unspecified atom stereocenters. The average Bonchev–Trinajstić information content (AvgIpc) is 2.53. The number of carbonyl (C=O) groups is 1. The maximum absolute atomic E-state index is 12.8. The number of amides is 1. The first-order valence-corrected chi connectivity index (χ1v) is 11.2. The molecule has 0 saturated heterocycles. The van der Waals surface area contributed by atoms with E-state index in [9.17, 15) is 13.2 Å². The van der Waals surface area contributed by atoms with Crippen LogP contribution in [0, 0.1) is 27.7 Å². The molecule has 5 nitrogen and oxygen atoms in total. The minimum Gasteiger partial charge on any atom is -0.324 e. The molecular formula is C22H30N2O3S. The molecule has 0 aromatic heterocycles. The lowest BCUT2D eigenvalue weighted by atomic mass is 9.98. The summed E-state index contributed by atoms with van der Waals surface area (Å²) >= 11 is 0. The number of hydrogen-bond donors (Lipinski definition) is 1. The fourth-order valence-corrected chi connectivity index (χ4v) is 4.55. The van der Waals surface area contributed by atoms with Gasteiger partial charge in [0.25, 0.3) is 0 Å². The highest BCUT2D eigenvalue weighted by molar-refractivity contribution is 7.92. The Labute approximate surface area is 168 Å². The van der Waals surface area contributed by atoms with Crippen LogP contribution in [0.15, 0.2) is 30.3 Å². The maximum atomic E-state index is 12.8. The number of anilines is 2. The minimum absolute atomic E-state index is 0.239. The van der Waals surface area contributed by atoms with Crippen molar-refractivity contribution in [3.8, 4) is 0 Å². The first kappa shape index (κ1) is 22.0. The van der Waals surface area contributed by atoms with Crippen LogP contribution in [0.2, 0.25) is 0 Å². The van der Waals surface area contributed by atoms with Crippen molar-refractivity contribution in [2.75, 3.05) is 22.4 Å². The van der Waals surface area contributed by atoms with E-state index in [0.29, 0.717) is 5.69 Å². The van der Waals surface area contributed by atoms with E-state index in [4.69, 9.17) is 0 Å². The van der Waals surface area contributed by atoms with Crippen LogP contribution in [0.1, 0.15) is 47.6 Å². The second kappa shape index (κ2) is 8.35. The SMILES string of the molecule is Cc1cc(C)c(N(CC(=O)Nc2c(C)cccc2C(C)C)S(C)(=O)=O)c(C)c1. The van der Waals surface area contributed by atoms with E-state index in [1.807, 2.05) is 58.0 Å². The van der Waals surface area contributed by atoms with Crippen molar-refractivity contribution in [2.24, 2.45) is 0 Å². The Balaban J connectivity index is 2.40. The average molecular weight is 403 g/mol. The predicted molar refractivity (Wildman–Crippen MR) is 117 cm³/mol. The molecular weight excluding hydrogens is 372 g/mol. The van der Waals surface area contributed by atoms with Crippen LogP contribution in [0.25, 0.3) is 0 Å². The monoisotopic (exact) mass is 402 g/mol. The summed E-state index contributed by atoms with van der Waals surface area (Å²) in [5, 5.41) is 2.94. The third kappa shape index (κ3) is 4.93. The molecule has 0 aliphatic rings. The predicted octanol–water partition coefficient (Wildman–Crippen LogP) is 4.45. The lowest BCUT2D eigenvalue weighted by Gasteiger charge is -2.26. The maximum Gasteiger partial charge on any atom is 0.245 e. The Bertz CT molecular complexity index is 972. The molecule has 1 N–H and O–H groups in total. The number of sulfonamides is 1. The molecule has 0 aliphatic heterocycles. The van der Waals surface area contributed by atoms with Gasteiger partial charge in [-0.25, -0.2) is 8.42 Å². The molecule has 1 amide bonds. The number of aryl methyl sites for hydroxylation is 4. The van der Waals surface area contributed by atoms with E-state index >= 15 is 0 Å². The zero-order valence-corrected chi connectivity index (χ0v) is 18.6. The Morgan fingerprint density at radius 2 is 1.61 bits per heavy atom. The minimum atomic E-state index is -3.63. The fourth-order valence-electron chi connectivity index (χ4n) is 3.58. The molecule has 0 spiro atoms. The highest BCUT2D eigenvalue weighted by Crippen LogP contribution is 2.30. The Hall–Kier alpha value is -2.34. The number of carbonyl (C=O) groups excluding carboxylic acids is 1. The van der Waals surface area contributed by atoms with E-state index in [1.54, 1.807) is 0 Å². The second-order valence-corrected chi connectivity index (χ2v) is 9.67. The van der Waals surface area contributed by atoms with Gasteiger partial charge in [-0.3, -0.25) is 9.10 Å². The van der Waals surface area contributed by atoms with Crippen LogP contribution in [0.3, 0.4) is 0 Å². The lowest BCUT2D eigenvalue weighted by Crippen LogP contribution is -2.38. The zero-order valence-electron chi connectivity index (χ0n) is 17.8. The molecule has 0 atom stereocenters. The Morgan fingerprint density at radius 3 is 2.11 bits per heavy atom. The van der Waals surface area contributed by atoms with Crippen molar-refractivity contribution in [3.05, 3.63) is 58.1 Å². The van der Waals surface area contributed by atoms with Crippen LogP contribution in [0.4, 0.5) is 11.4 Å². The van der Waals surface area contributed by atoms with Gasteiger partial charge in [-0.2, -0.15) is 0 Å². The number of para-hydroxylation sites is 1. The molecule has 0 fully saturated rings. The molecule has 2 aromatic carbocycles. The third-order valence-electron chi connectivity index (χ3n) is 4.76. The van der Waals surface area contributed by atoms with Gasteiger partial charge in [-0.1, -0.05) is 49.7 Å². The molecule has 152 valence electrons. The van der Waals surface area contributed by atoms with Crippen LogP contribution in [-0.2, 0) is 14.8 Å². The summed E-state index contributed by atoms with van der Waals surface area (Å²) in [6.45, 7) is 11.5. The van der Waals surface area contributed by atoms with Crippen molar-refractivity contribution in [1.82, 2.24) is 0 Å². The second-order valence-electron chi connectivity index (χ2n) is 7.76. The molecule has 0 saturated carbocycles. The van der Waals surface area contributed by atoms with Gasteiger partial charge in [-0.15, -0.1) is 0 Å². The zero-order chi connectivity index (χ0) is 21.2. The molecule has 2 aromatic rings. The molecule has 2 rings (SSSR count). The highest BCUT2D eigenvalue weighted by atomic mass is 32.2. The number of nitrogens with one attached hydrogen (secondary N) is 1. The largest absolute Gasteiger partial charge is 0.324 e. The smallest absolute Gasteiger partial charge is 0.245 e. The standard InChI is InChI=1S/C22H30N2O3S/c1-14(2)19-10-8-9-16(4)21(19)23-20(25)13-24(28(7,26)27)22-17(5)11-15(3)12-18(22)6/h8-12,14H,13H2,1-7H3,(H,23,25). The molecule has 0 heterocycles. The summed E-state index contributed by atoms with van der Waals surface area (Å²) in [6, 6.07) is 9.73. The van der Waals surface area contributed by atoms with Gasteiger partial charge >= 0.3 is 0 Å².